The van der Waals surface area contributed by atoms with Crippen LogP contribution in [0.25, 0.3) is 0 Å². The molecule has 3 atom stereocenters. The van der Waals surface area contributed by atoms with E-state index in [9.17, 15) is 0 Å². The number of piperazine rings is 1. The highest BCUT2D eigenvalue weighted by Gasteiger charge is 2.45. The van der Waals surface area contributed by atoms with E-state index in [1.165, 1.54) is 52.0 Å². The lowest BCUT2D eigenvalue weighted by molar-refractivity contribution is 0.0703. The second-order valence-corrected chi connectivity index (χ2v) is 7.27. The van der Waals surface area contributed by atoms with E-state index in [1.54, 1.807) is 0 Å². The molecule has 0 aromatic heterocycles. The highest BCUT2D eigenvalue weighted by Crippen LogP contribution is 2.41. The highest BCUT2D eigenvalue weighted by molar-refractivity contribution is 5.03. The highest BCUT2D eigenvalue weighted by atomic mass is 15.3. The van der Waals surface area contributed by atoms with Crippen LogP contribution in [0.3, 0.4) is 0 Å². The molecule has 0 amide bonds. The van der Waals surface area contributed by atoms with Crippen molar-refractivity contribution >= 4 is 0 Å². The second-order valence-electron chi connectivity index (χ2n) is 7.27. The molecule has 3 unspecified atom stereocenters. The fourth-order valence-corrected chi connectivity index (χ4v) is 3.89. The molecule has 0 aromatic rings. The van der Waals surface area contributed by atoms with Crippen LogP contribution in [0.2, 0.25) is 0 Å². The molecule has 3 nitrogen and oxygen atoms in total. The predicted octanol–water partition coefficient (Wildman–Crippen LogP) is 1.40. The van der Waals surface area contributed by atoms with Crippen LogP contribution in [0.15, 0.2) is 0 Å². The quantitative estimate of drug-likeness (QED) is 0.818. The minimum atomic E-state index is 0.400. The Bertz CT molecular complexity index is 302. The number of hydrogen-bond donors (Lipinski definition) is 1. The van der Waals surface area contributed by atoms with E-state index in [0.29, 0.717) is 11.6 Å². The average Bonchev–Trinajstić information content (AvgIpc) is 3.10. The van der Waals surface area contributed by atoms with Crippen molar-refractivity contribution in [2.75, 3.05) is 39.8 Å². The van der Waals surface area contributed by atoms with Crippen LogP contribution < -0.4 is 5.32 Å². The minimum Gasteiger partial charge on any atom is -0.308 e. The van der Waals surface area contributed by atoms with E-state index >= 15 is 0 Å². The van der Waals surface area contributed by atoms with Crippen LogP contribution in [-0.4, -0.2) is 61.2 Å². The lowest BCUT2D eigenvalue weighted by atomic mass is 9.90. The molecule has 104 valence electrons. The Kier molecular flexibility index (Phi) is 3.41. The Balaban J connectivity index is 1.59. The SMILES string of the molecule is CC1CNC(C)(C2CC2)CN1CC1CCN(C)C1. The summed E-state index contributed by atoms with van der Waals surface area (Å²) in [7, 11) is 2.26. The predicted molar refractivity (Wildman–Crippen MR) is 75.8 cm³/mol. The third-order valence-electron chi connectivity index (χ3n) is 5.42. The van der Waals surface area contributed by atoms with Gasteiger partial charge in [-0.15, -0.1) is 0 Å². The van der Waals surface area contributed by atoms with E-state index in [0.717, 1.165) is 11.8 Å². The first-order valence-electron chi connectivity index (χ1n) is 7.74. The Morgan fingerprint density at radius 2 is 2.06 bits per heavy atom. The molecule has 2 saturated heterocycles. The Morgan fingerprint density at radius 1 is 1.28 bits per heavy atom. The van der Waals surface area contributed by atoms with Gasteiger partial charge in [0, 0.05) is 37.8 Å². The molecule has 1 N–H and O–H groups in total. The van der Waals surface area contributed by atoms with Crippen molar-refractivity contribution in [2.24, 2.45) is 11.8 Å². The van der Waals surface area contributed by atoms with Crippen molar-refractivity contribution in [1.82, 2.24) is 15.1 Å². The van der Waals surface area contributed by atoms with E-state index < -0.39 is 0 Å². The largest absolute Gasteiger partial charge is 0.308 e. The van der Waals surface area contributed by atoms with Crippen molar-refractivity contribution in [3.63, 3.8) is 0 Å². The zero-order valence-corrected chi connectivity index (χ0v) is 12.3. The smallest absolute Gasteiger partial charge is 0.0309 e. The maximum Gasteiger partial charge on any atom is 0.0309 e. The van der Waals surface area contributed by atoms with Crippen molar-refractivity contribution < 1.29 is 0 Å². The first kappa shape index (κ1) is 12.9. The molecule has 2 heterocycles. The van der Waals surface area contributed by atoms with Gasteiger partial charge in [0.15, 0.2) is 0 Å². The average molecular weight is 251 g/mol. The van der Waals surface area contributed by atoms with Crippen LogP contribution in [0.1, 0.15) is 33.1 Å². The topological polar surface area (TPSA) is 18.5 Å². The molecule has 3 fully saturated rings. The molecule has 0 spiro atoms. The minimum absolute atomic E-state index is 0.400. The van der Waals surface area contributed by atoms with Gasteiger partial charge >= 0.3 is 0 Å². The summed E-state index contributed by atoms with van der Waals surface area (Å²) in [6, 6.07) is 0.711. The van der Waals surface area contributed by atoms with Gasteiger partial charge in [-0.05, 0) is 58.5 Å². The molecule has 18 heavy (non-hydrogen) atoms. The maximum atomic E-state index is 3.82. The van der Waals surface area contributed by atoms with Crippen LogP contribution in [0.5, 0.6) is 0 Å². The molecular weight excluding hydrogens is 222 g/mol. The summed E-state index contributed by atoms with van der Waals surface area (Å²) in [6.45, 7) is 11.2. The number of likely N-dealkylation sites (tertiary alicyclic amines) is 1. The second kappa shape index (κ2) is 4.77. The van der Waals surface area contributed by atoms with Gasteiger partial charge in [-0.2, -0.15) is 0 Å². The summed E-state index contributed by atoms with van der Waals surface area (Å²) in [5.41, 5.74) is 0.400. The zero-order chi connectivity index (χ0) is 12.8. The third-order valence-corrected chi connectivity index (χ3v) is 5.42. The van der Waals surface area contributed by atoms with Crippen molar-refractivity contribution in [3.05, 3.63) is 0 Å². The Morgan fingerprint density at radius 3 is 2.67 bits per heavy atom. The van der Waals surface area contributed by atoms with Crippen LogP contribution >= 0.6 is 0 Å². The van der Waals surface area contributed by atoms with E-state index in [2.05, 4.69) is 36.0 Å². The molecule has 0 bridgehead atoms. The Hall–Kier alpha value is -0.120. The summed E-state index contributed by atoms with van der Waals surface area (Å²) in [6.07, 6.45) is 4.28. The molecule has 1 saturated carbocycles. The molecule has 3 heteroatoms. The van der Waals surface area contributed by atoms with Crippen LogP contribution in [-0.2, 0) is 0 Å². The van der Waals surface area contributed by atoms with Gasteiger partial charge in [0.1, 0.15) is 0 Å². The summed E-state index contributed by atoms with van der Waals surface area (Å²) in [4.78, 5) is 5.25. The lowest BCUT2D eigenvalue weighted by Crippen LogP contribution is -2.63. The van der Waals surface area contributed by atoms with Crippen molar-refractivity contribution in [2.45, 2.75) is 44.7 Å². The van der Waals surface area contributed by atoms with E-state index in [1.807, 2.05) is 0 Å². The van der Waals surface area contributed by atoms with Gasteiger partial charge in [-0.25, -0.2) is 0 Å². The molecule has 0 radical (unpaired) electrons. The Labute approximate surface area is 112 Å². The molecule has 1 aliphatic carbocycles. The summed E-state index contributed by atoms with van der Waals surface area (Å²) < 4.78 is 0. The van der Waals surface area contributed by atoms with Gasteiger partial charge in [-0.3, -0.25) is 4.90 Å². The zero-order valence-electron chi connectivity index (χ0n) is 12.3. The maximum absolute atomic E-state index is 3.82. The van der Waals surface area contributed by atoms with Gasteiger partial charge in [-0.1, -0.05) is 0 Å². The van der Waals surface area contributed by atoms with Crippen LogP contribution in [0.4, 0.5) is 0 Å². The number of rotatable bonds is 3. The summed E-state index contributed by atoms with van der Waals surface area (Å²) in [5, 5.41) is 3.82. The van der Waals surface area contributed by atoms with Crippen LogP contribution in [0, 0.1) is 11.8 Å². The van der Waals surface area contributed by atoms with Crippen molar-refractivity contribution in [1.29, 1.82) is 0 Å². The summed E-state index contributed by atoms with van der Waals surface area (Å²) in [5.74, 6) is 1.85. The first-order valence-corrected chi connectivity index (χ1v) is 7.74. The van der Waals surface area contributed by atoms with E-state index in [4.69, 9.17) is 0 Å². The molecule has 2 aliphatic heterocycles. The number of hydrogen-bond acceptors (Lipinski definition) is 3. The van der Waals surface area contributed by atoms with Gasteiger partial charge < -0.3 is 10.2 Å². The monoisotopic (exact) mass is 251 g/mol. The lowest BCUT2D eigenvalue weighted by Gasteiger charge is -2.46. The third kappa shape index (κ3) is 2.59. The standard InChI is InChI=1S/C15H29N3/c1-12-8-16-15(2,14-4-5-14)11-18(12)10-13-6-7-17(3)9-13/h12-14,16H,4-11H2,1-3H3. The fourth-order valence-electron chi connectivity index (χ4n) is 3.89. The first-order chi connectivity index (χ1) is 8.57. The van der Waals surface area contributed by atoms with E-state index in [-0.39, 0.29) is 0 Å². The molecule has 0 aromatic carbocycles. The summed E-state index contributed by atoms with van der Waals surface area (Å²) >= 11 is 0. The normalized spacial score (nSPS) is 43.5. The van der Waals surface area contributed by atoms with Gasteiger partial charge in [0.05, 0.1) is 0 Å². The molecular formula is C15H29N3. The number of nitrogens with zero attached hydrogens (tertiary/aromatic N) is 2. The van der Waals surface area contributed by atoms with Gasteiger partial charge in [0.2, 0.25) is 0 Å². The number of nitrogens with one attached hydrogen (secondary N) is 1. The van der Waals surface area contributed by atoms with Gasteiger partial charge in [0.25, 0.3) is 0 Å². The molecule has 3 aliphatic rings. The van der Waals surface area contributed by atoms with Crippen molar-refractivity contribution in [3.8, 4) is 0 Å². The fraction of sp³-hybridized carbons (Fsp3) is 1.00. The molecule has 3 rings (SSSR count).